The van der Waals surface area contributed by atoms with Crippen molar-refractivity contribution in [2.45, 2.75) is 27.7 Å². The largest absolute Gasteiger partial charge is 0.371 e. The zero-order valence-electron chi connectivity index (χ0n) is 19.8. The van der Waals surface area contributed by atoms with E-state index in [0.717, 1.165) is 59.0 Å². The highest BCUT2D eigenvalue weighted by Crippen LogP contribution is 2.28. The molecule has 0 atom stereocenters. The van der Waals surface area contributed by atoms with E-state index in [-0.39, 0.29) is 0 Å². The van der Waals surface area contributed by atoms with Gasteiger partial charge >= 0.3 is 0 Å². The Bertz CT molecular complexity index is 1220. The minimum Gasteiger partial charge on any atom is -0.371 e. The highest BCUT2D eigenvalue weighted by molar-refractivity contribution is 9.10. The van der Waals surface area contributed by atoms with Gasteiger partial charge in [0.1, 0.15) is 6.29 Å². The average molecular weight is 507 g/mol. The highest BCUT2D eigenvalue weighted by atomic mass is 79.9. The second kappa shape index (κ2) is 11.8. The van der Waals surface area contributed by atoms with Gasteiger partial charge in [0, 0.05) is 70.8 Å². The van der Waals surface area contributed by atoms with Crippen LogP contribution in [-0.2, 0) is 0 Å². The summed E-state index contributed by atoms with van der Waals surface area (Å²) in [6.07, 6.45) is 4.57. The summed E-state index contributed by atoms with van der Waals surface area (Å²) in [4.78, 5) is 24.2. The van der Waals surface area contributed by atoms with Crippen molar-refractivity contribution >= 4 is 55.4 Å². The molecule has 4 aromatic rings. The van der Waals surface area contributed by atoms with Gasteiger partial charge in [-0.2, -0.15) is 0 Å². The van der Waals surface area contributed by atoms with Crippen molar-refractivity contribution in [2.24, 2.45) is 0 Å². The maximum absolute atomic E-state index is 10.8. The van der Waals surface area contributed by atoms with Gasteiger partial charge in [-0.15, -0.1) is 0 Å². The predicted molar refractivity (Wildman–Crippen MR) is 144 cm³/mol. The van der Waals surface area contributed by atoms with E-state index in [4.69, 9.17) is 0 Å². The Labute approximate surface area is 204 Å². The second-order valence-electron chi connectivity index (χ2n) is 7.56. The van der Waals surface area contributed by atoms with Crippen molar-refractivity contribution in [1.29, 1.82) is 0 Å². The summed E-state index contributed by atoms with van der Waals surface area (Å²) in [5.41, 5.74) is 5.08. The number of fused-ring (bicyclic) bond motifs is 2. The monoisotopic (exact) mass is 506 g/mol. The Balaban J connectivity index is 0.000000186. The van der Waals surface area contributed by atoms with Crippen molar-refractivity contribution in [3.8, 4) is 0 Å². The van der Waals surface area contributed by atoms with Gasteiger partial charge in [0.15, 0.2) is 0 Å². The lowest BCUT2D eigenvalue weighted by Gasteiger charge is -2.22. The number of carbonyl (C=O) groups is 1. The summed E-state index contributed by atoms with van der Waals surface area (Å²) >= 11 is 3.51. The third-order valence-electron chi connectivity index (χ3n) is 5.77. The van der Waals surface area contributed by atoms with Crippen LogP contribution in [0.5, 0.6) is 0 Å². The Morgan fingerprint density at radius 1 is 0.727 bits per heavy atom. The van der Waals surface area contributed by atoms with Crippen LogP contribution in [0.15, 0.2) is 65.4 Å². The fraction of sp³-hybridized carbons (Fsp3) is 0.296. The molecule has 0 N–H and O–H groups in total. The van der Waals surface area contributed by atoms with E-state index < -0.39 is 0 Å². The Morgan fingerprint density at radius 2 is 1.21 bits per heavy atom. The standard InChI is InChI=1S/C14H16N2O.C13H15BrN2/c1-3-16(4-2)14-7-8-15-13-6-5-11(10-17)9-12(13)14;1-3-16(4-2)13-7-8-15-12-6-5-10(14)9-11(12)13/h5-10H,3-4H2,1-2H3;5-9H,3-4H2,1-2H3. The molecule has 0 saturated carbocycles. The maximum Gasteiger partial charge on any atom is 0.150 e. The third kappa shape index (κ3) is 5.69. The first-order valence-corrected chi connectivity index (χ1v) is 12.2. The number of nitrogens with zero attached hydrogens (tertiary/aromatic N) is 4. The molecule has 6 heteroatoms. The van der Waals surface area contributed by atoms with Gasteiger partial charge in [-0.05, 0) is 76.2 Å². The molecular weight excluding hydrogens is 476 g/mol. The number of benzene rings is 2. The van der Waals surface area contributed by atoms with Crippen molar-refractivity contribution in [1.82, 2.24) is 9.97 Å². The molecular formula is C27H31BrN4O. The first-order chi connectivity index (χ1) is 16.1. The van der Waals surface area contributed by atoms with Crippen LogP contribution in [0.25, 0.3) is 21.8 Å². The Hall–Kier alpha value is -2.99. The summed E-state index contributed by atoms with van der Waals surface area (Å²) in [5.74, 6) is 0. The van der Waals surface area contributed by atoms with Crippen LogP contribution in [0.2, 0.25) is 0 Å². The van der Waals surface area contributed by atoms with Crippen molar-refractivity contribution in [2.75, 3.05) is 36.0 Å². The summed E-state index contributed by atoms with van der Waals surface area (Å²) < 4.78 is 1.10. The number of hydrogen-bond donors (Lipinski definition) is 0. The van der Waals surface area contributed by atoms with Crippen molar-refractivity contribution in [3.05, 3.63) is 71.0 Å². The van der Waals surface area contributed by atoms with Gasteiger partial charge in [0.05, 0.1) is 11.0 Å². The van der Waals surface area contributed by atoms with Gasteiger partial charge in [-0.25, -0.2) is 0 Å². The van der Waals surface area contributed by atoms with Crippen LogP contribution in [0.4, 0.5) is 11.4 Å². The SMILES string of the molecule is CCN(CC)c1ccnc2ccc(Br)cc12.CCN(CC)c1ccnc2ccc(C=O)cc12. The molecule has 2 aromatic carbocycles. The van der Waals surface area contributed by atoms with E-state index in [1.54, 1.807) is 6.07 Å². The van der Waals surface area contributed by atoms with E-state index in [2.05, 4.69) is 75.5 Å². The molecule has 0 aliphatic carbocycles. The van der Waals surface area contributed by atoms with Crippen molar-refractivity contribution < 1.29 is 4.79 Å². The number of aromatic nitrogens is 2. The molecule has 2 heterocycles. The van der Waals surface area contributed by atoms with Gasteiger partial charge in [0.2, 0.25) is 0 Å². The van der Waals surface area contributed by atoms with Crippen LogP contribution >= 0.6 is 15.9 Å². The van der Waals surface area contributed by atoms with Crippen LogP contribution in [0, 0.1) is 0 Å². The minimum atomic E-state index is 0.693. The molecule has 5 nitrogen and oxygen atoms in total. The van der Waals surface area contributed by atoms with Gasteiger partial charge in [-0.1, -0.05) is 15.9 Å². The van der Waals surface area contributed by atoms with Crippen LogP contribution in [0.1, 0.15) is 38.1 Å². The molecule has 0 amide bonds. The van der Waals surface area contributed by atoms with E-state index in [1.165, 1.54) is 11.1 Å². The molecule has 0 saturated heterocycles. The molecule has 0 bridgehead atoms. The first-order valence-electron chi connectivity index (χ1n) is 11.4. The van der Waals surface area contributed by atoms with E-state index >= 15 is 0 Å². The van der Waals surface area contributed by atoms with Gasteiger partial charge < -0.3 is 9.80 Å². The molecule has 33 heavy (non-hydrogen) atoms. The average Bonchev–Trinajstić information content (AvgIpc) is 2.86. The molecule has 0 aliphatic rings. The summed E-state index contributed by atoms with van der Waals surface area (Å²) in [7, 11) is 0. The van der Waals surface area contributed by atoms with E-state index in [9.17, 15) is 4.79 Å². The van der Waals surface area contributed by atoms with Gasteiger partial charge in [0.25, 0.3) is 0 Å². The maximum atomic E-state index is 10.8. The summed E-state index contributed by atoms with van der Waals surface area (Å²) in [5, 5.41) is 2.25. The quantitative estimate of drug-likeness (QED) is 0.260. The smallest absolute Gasteiger partial charge is 0.150 e. The fourth-order valence-corrected chi connectivity index (χ4v) is 4.37. The zero-order chi connectivity index (χ0) is 23.8. The number of rotatable bonds is 7. The highest BCUT2D eigenvalue weighted by Gasteiger charge is 2.09. The normalized spacial score (nSPS) is 10.6. The molecule has 0 aliphatic heterocycles. The van der Waals surface area contributed by atoms with Crippen molar-refractivity contribution in [3.63, 3.8) is 0 Å². The number of hydrogen-bond acceptors (Lipinski definition) is 5. The van der Waals surface area contributed by atoms with Crippen LogP contribution in [-0.4, -0.2) is 42.4 Å². The third-order valence-corrected chi connectivity index (χ3v) is 6.26. The lowest BCUT2D eigenvalue weighted by molar-refractivity contribution is 0.112. The summed E-state index contributed by atoms with van der Waals surface area (Å²) in [6.45, 7) is 12.5. The molecule has 0 unspecified atom stereocenters. The number of pyridine rings is 2. The number of carbonyl (C=O) groups excluding carboxylic acids is 1. The number of anilines is 2. The molecule has 2 aromatic heterocycles. The van der Waals surface area contributed by atoms with Gasteiger partial charge in [-0.3, -0.25) is 14.8 Å². The number of aldehydes is 1. The molecule has 0 radical (unpaired) electrons. The lowest BCUT2D eigenvalue weighted by atomic mass is 10.1. The van der Waals surface area contributed by atoms with Crippen LogP contribution in [0.3, 0.4) is 0 Å². The zero-order valence-corrected chi connectivity index (χ0v) is 21.3. The minimum absolute atomic E-state index is 0.693. The first kappa shape index (κ1) is 24.6. The molecule has 0 spiro atoms. The molecule has 172 valence electrons. The van der Waals surface area contributed by atoms with E-state index in [0.29, 0.717) is 5.56 Å². The summed E-state index contributed by atoms with van der Waals surface area (Å²) in [6, 6.07) is 15.9. The Morgan fingerprint density at radius 3 is 1.70 bits per heavy atom. The number of halogens is 1. The molecule has 0 fully saturated rings. The Kier molecular flexibility index (Phi) is 8.78. The predicted octanol–water partition coefficient (Wildman–Crippen LogP) is 6.74. The van der Waals surface area contributed by atoms with E-state index in [1.807, 2.05) is 42.7 Å². The molecule has 4 rings (SSSR count). The topological polar surface area (TPSA) is 49.3 Å². The fourth-order valence-electron chi connectivity index (χ4n) is 4.01. The van der Waals surface area contributed by atoms with Crippen LogP contribution < -0.4 is 9.80 Å². The second-order valence-corrected chi connectivity index (χ2v) is 8.48. The lowest BCUT2D eigenvalue weighted by Crippen LogP contribution is -2.22.